The number of carbonyl (C=O) groups excluding carboxylic acids is 1. The summed E-state index contributed by atoms with van der Waals surface area (Å²) in [4.78, 5) is 12.3. The monoisotopic (exact) mass is 310 g/mol. The Balaban J connectivity index is 2.35. The van der Waals surface area contributed by atoms with Gasteiger partial charge in [-0.05, 0) is 18.2 Å². The normalized spacial score (nSPS) is 10.3. The Bertz CT molecular complexity index is 699. The minimum Gasteiger partial charge on any atom is -0.507 e. The molecule has 4 N–H and O–H groups in total. The summed E-state index contributed by atoms with van der Waals surface area (Å²) in [6.45, 7) is 0. The molecule has 0 fully saturated rings. The first-order chi connectivity index (χ1) is 9.40. The number of nitrogens with zero attached hydrogens (tertiary/aromatic N) is 2. The van der Waals surface area contributed by atoms with Crippen LogP contribution in [-0.2, 0) is 7.05 Å². The van der Waals surface area contributed by atoms with Crippen molar-refractivity contribution in [3.63, 3.8) is 0 Å². The topological polar surface area (TPSA) is 93.2 Å². The predicted molar refractivity (Wildman–Crippen MR) is 80.2 cm³/mol. The molecule has 8 heteroatoms. The van der Waals surface area contributed by atoms with Crippen LogP contribution < -0.4 is 11.1 Å². The molecule has 104 valence electrons. The van der Waals surface area contributed by atoms with Crippen LogP contribution in [0.3, 0.4) is 0 Å². The average Bonchev–Trinajstić information content (AvgIpc) is 2.74. The quantitative estimate of drug-likeness (QED) is 0.750. The maximum Gasteiger partial charge on any atom is 0.260 e. The molecule has 0 unspecified atom stereocenters. The summed E-state index contributed by atoms with van der Waals surface area (Å²) in [5.41, 5.74) is 6.04. The second kappa shape index (κ2) is 5.48. The van der Waals surface area contributed by atoms with Gasteiger partial charge in [0.15, 0.2) is 0 Å². The maximum absolute atomic E-state index is 12.2. The van der Waals surface area contributed by atoms with Crippen molar-refractivity contribution in [3.05, 3.63) is 40.5 Å². The molecule has 0 aliphatic heterocycles. The number of phenolic OH excluding ortho intramolecular Hbond substituents is 1. The number of benzene rings is 1. The molecule has 1 aromatic heterocycles. The molecule has 0 saturated heterocycles. The van der Waals surface area contributed by atoms with E-state index in [2.05, 4.69) is 10.4 Å². The van der Waals surface area contributed by atoms with Crippen LogP contribution in [0.25, 0.3) is 0 Å². The molecule has 1 heterocycles. The van der Waals surface area contributed by atoms with Crippen molar-refractivity contribution in [2.24, 2.45) is 12.8 Å². The molecular formula is C12H11ClN4O2S. The number of aryl methyl sites for hydroxylation is 1. The minimum absolute atomic E-state index is 0.0487. The lowest BCUT2D eigenvalue weighted by Gasteiger charge is -2.09. The van der Waals surface area contributed by atoms with E-state index in [9.17, 15) is 9.90 Å². The number of nitrogens with one attached hydrogen (secondary N) is 1. The SMILES string of the molecule is Cn1ncc(C(N)=S)c1NC(=O)c1cc(Cl)ccc1O. The van der Waals surface area contributed by atoms with Crippen LogP contribution in [-0.4, -0.2) is 25.8 Å². The molecule has 0 radical (unpaired) electrons. The van der Waals surface area contributed by atoms with Crippen LogP contribution in [0.4, 0.5) is 5.82 Å². The smallest absolute Gasteiger partial charge is 0.260 e. The van der Waals surface area contributed by atoms with E-state index in [-0.39, 0.29) is 16.3 Å². The predicted octanol–water partition coefficient (Wildman–Crippen LogP) is 1.67. The number of carbonyl (C=O) groups is 1. The Kier molecular flexibility index (Phi) is 3.91. The summed E-state index contributed by atoms with van der Waals surface area (Å²) in [5.74, 6) is -0.362. The van der Waals surface area contributed by atoms with Gasteiger partial charge in [-0.3, -0.25) is 9.48 Å². The molecule has 1 aromatic carbocycles. The Labute approximate surface area is 125 Å². The van der Waals surface area contributed by atoms with Crippen molar-refractivity contribution in [1.82, 2.24) is 9.78 Å². The summed E-state index contributed by atoms with van der Waals surface area (Å²) in [7, 11) is 1.63. The van der Waals surface area contributed by atoms with Gasteiger partial charge in [-0.1, -0.05) is 23.8 Å². The lowest BCUT2D eigenvalue weighted by Crippen LogP contribution is -2.19. The first-order valence-corrected chi connectivity index (χ1v) is 6.30. The van der Waals surface area contributed by atoms with Gasteiger partial charge in [0, 0.05) is 12.1 Å². The van der Waals surface area contributed by atoms with Crippen molar-refractivity contribution in [3.8, 4) is 5.75 Å². The van der Waals surface area contributed by atoms with Gasteiger partial charge in [-0.25, -0.2) is 0 Å². The molecule has 1 amide bonds. The molecule has 2 aromatic rings. The second-order valence-electron chi connectivity index (χ2n) is 4.01. The Morgan fingerprint density at radius 1 is 1.50 bits per heavy atom. The maximum atomic E-state index is 12.2. The molecule has 2 rings (SSSR count). The minimum atomic E-state index is -0.536. The first-order valence-electron chi connectivity index (χ1n) is 5.52. The zero-order chi connectivity index (χ0) is 14.9. The summed E-state index contributed by atoms with van der Waals surface area (Å²) < 4.78 is 1.42. The number of thiocarbonyl (C=S) groups is 1. The van der Waals surface area contributed by atoms with E-state index in [0.29, 0.717) is 16.4 Å². The van der Waals surface area contributed by atoms with Gasteiger partial charge in [0.25, 0.3) is 5.91 Å². The van der Waals surface area contributed by atoms with Crippen LogP contribution in [0.2, 0.25) is 5.02 Å². The summed E-state index contributed by atoms with van der Waals surface area (Å²) >= 11 is 10.7. The van der Waals surface area contributed by atoms with E-state index in [0.717, 1.165) is 0 Å². The number of hydrogen-bond acceptors (Lipinski definition) is 4. The van der Waals surface area contributed by atoms with Gasteiger partial charge in [0.2, 0.25) is 0 Å². The molecule has 20 heavy (non-hydrogen) atoms. The van der Waals surface area contributed by atoms with Crippen molar-refractivity contribution in [1.29, 1.82) is 0 Å². The summed E-state index contributed by atoms with van der Waals surface area (Å²) in [6.07, 6.45) is 1.45. The zero-order valence-corrected chi connectivity index (χ0v) is 12.0. The standard InChI is InChI=1S/C12H11ClN4O2S/c1-17-11(8(5-15-17)10(14)20)16-12(19)7-4-6(13)2-3-9(7)18/h2-5,18H,1H3,(H2,14,20)(H,16,19). The van der Waals surface area contributed by atoms with E-state index in [1.165, 1.54) is 29.1 Å². The lowest BCUT2D eigenvalue weighted by molar-refractivity contribution is 0.102. The number of hydrogen-bond donors (Lipinski definition) is 3. The number of rotatable bonds is 3. The van der Waals surface area contributed by atoms with Crippen molar-refractivity contribution in [2.45, 2.75) is 0 Å². The molecule has 0 saturated carbocycles. The van der Waals surface area contributed by atoms with Crippen LogP contribution in [0.5, 0.6) is 5.75 Å². The van der Waals surface area contributed by atoms with E-state index in [1.807, 2.05) is 0 Å². The van der Waals surface area contributed by atoms with E-state index < -0.39 is 5.91 Å². The highest BCUT2D eigenvalue weighted by Crippen LogP contribution is 2.23. The number of phenols is 1. The number of aromatic nitrogens is 2. The first kappa shape index (κ1) is 14.3. The average molecular weight is 311 g/mol. The van der Waals surface area contributed by atoms with Crippen LogP contribution in [0.1, 0.15) is 15.9 Å². The van der Waals surface area contributed by atoms with E-state index in [4.69, 9.17) is 29.6 Å². The number of nitrogens with two attached hydrogens (primary N) is 1. The highest BCUT2D eigenvalue weighted by Gasteiger charge is 2.17. The molecule has 0 spiro atoms. The van der Waals surface area contributed by atoms with Crippen molar-refractivity contribution in [2.75, 3.05) is 5.32 Å². The third-order valence-electron chi connectivity index (χ3n) is 2.64. The molecular weight excluding hydrogens is 300 g/mol. The van der Waals surface area contributed by atoms with Crippen LogP contribution >= 0.6 is 23.8 Å². The van der Waals surface area contributed by atoms with E-state index >= 15 is 0 Å². The highest BCUT2D eigenvalue weighted by molar-refractivity contribution is 7.80. The number of aromatic hydroxyl groups is 1. The fraction of sp³-hybridized carbons (Fsp3) is 0.0833. The summed E-state index contributed by atoms with van der Waals surface area (Å²) in [6, 6.07) is 4.19. The summed E-state index contributed by atoms with van der Waals surface area (Å²) in [5, 5.41) is 16.6. The number of anilines is 1. The largest absolute Gasteiger partial charge is 0.507 e. The molecule has 6 nitrogen and oxygen atoms in total. The lowest BCUT2D eigenvalue weighted by atomic mass is 10.2. The van der Waals surface area contributed by atoms with Crippen LogP contribution in [0, 0.1) is 0 Å². The van der Waals surface area contributed by atoms with Crippen LogP contribution in [0.15, 0.2) is 24.4 Å². The molecule has 0 bridgehead atoms. The zero-order valence-electron chi connectivity index (χ0n) is 10.4. The van der Waals surface area contributed by atoms with Gasteiger partial charge in [0.1, 0.15) is 16.6 Å². The fourth-order valence-corrected chi connectivity index (χ4v) is 1.95. The highest BCUT2D eigenvalue weighted by atomic mass is 35.5. The Morgan fingerprint density at radius 2 is 2.20 bits per heavy atom. The van der Waals surface area contributed by atoms with Gasteiger partial charge in [0.05, 0.1) is 17.3 Å². The second-order valence-corrected chi connectivity index (χ2v) is 4.89. The van der Waals surface area contributed by atoms with Gasteiger partial charge >= 0.3 is 0 Å². The van der Waals surface area contributed by atoms with E-state index in [1.54, 1.807) is 7.05 Å². The number of halogens is 1. The third kappa shape index (κ3) is 2.73. The number of amides is 1. The Morgan fingerprint density at radius 3 is 2.85 bits per heavy atom. The van der Waals surface area contributed by atoms with Crippen molar-refractivity contribution >= 4 is 40.5 Å². The third-order valence-corrected chi connectivity index (χ3v) is 3.09. The Hall–Kier alpha value is -2.12. The van der Waals surface area contributed by atoms with Gasteiger partial charge in [-0.15, -0.1) is 0 Å². The molecule has 0 aliphatic rings. The molecule has 0 atom stereocenters. The fourth-order valence-electron chi connectivity index (χ4n) is 1.63. The van der Waals surface area contributed by atoms with Crippen molar-refractivity contribution < 1.29 is 9.90 Å². The van der Waals surface area contributed by atoms with Gasteiger partial charge in [-0.2, -0.15) is 5.10 Å². The van der Waals surface area contributed by atoms with Gasteiger partial charge < -0.3 is 16.2 Å². The molecule has 0 aliphatic carbocycles.